The average molecular weight is 429 g/mol. The zero-order chi connectivity index (χ0) is 21.8. The van der Waals surface area contributed by atoms with Gasteiger partial charge in [0, 0.05) is 17.2 Å². The highest BCUT2D eigenvalue weighted by atomic mass is 32.1. The molecule has 9 heteroatoms. The Morgan fingerprint density at radius 1 is 1.17 bits per heavy atom. The molecule has 154 valence electrons. The number of nitriles is 1. The molecule has 3 rings (SSSR count). The van der Waals surface area contributed by atoms with Gasteiger partial charge in [0.05, 0.1) is 26.0 Å². The molecule has 1 aromatic heterocycles. The molecule has 1 unspecified atom stereocenters. The number of nitrogens with zero attached hydrogens (tertiary/aromatic N) is 2. The lowest BCUT2D eigenvalue weighted by Gasteiger charge is -2.12. The third-order valence-electron chi connectivity index (χ3n) is 4.31. The van der Waals surface area contributed by atoms with Crippen LogP contribution in [0.15, 0.2) is 36.4 Å². The van der Waals surface area contributed by atoms with Crippen molar-refractivity contribution in [1.82, 2.24) is 10.3 Å². The van der Waals surface area contributed by atoms with E-state index >= 15 is 0 Å². The second-order valence-corrected chi connectivity index (χ2v) is 7.20. The van der Waals surface area contributed by atoms with Crippen molar-refractivity contribution in [1.29, 1.82) is 5.26 Å². The van der Waals surface area contributed by atoms with Crippen molar-refractivity contribution in [3.63, 3.8) is 0 Å². The smallest absolute Gasteiger partial charge is 0.264 e. The van der Waals surface area contributed by atoms with Crippen LogP contribution in [0.2, 0.25) is 0 Å². The maximum absolute atomic E-state index is 14.0. The van der Waals surface area contributed by atoms with Crippen LogP contribution in [0.5, 0.6) is 11.5 Å². The third-order valence-corrected chi connectivity index (χ3v) is 5.52. The number of rotatable bonds is 6. The average Bonchev–Trinajstić information content (AvgIpc) is 3.13. The molecule has 6 nitrogen and oxygen atoms in total. The minimum Gasteiger partial charge on any atom is -0.493 e. The predicted octanol–water partition coefficient (Wildman–Crippen LogP) is 4.41. The first-order chi connectivity index (χ1) is 14.4. The number of thiazole rings is 1. The Labute approximate surface area is 175 Å². The Morgan fingerprint density at radius 2 is 1.90 bits per heavy atom. The van der Waals surface area contributed by atoms with Crippen molar-refractivity contribution >= 4 is 17.2 Å². The first-order valence-corrected chi connectivity index (χ1v) is 9.54. The Hall–Kier alpha value is -3.51. The van der Waals surface area contributed by atoms with E-state index in [2.05, 4.69) is 10.3 Å². The lowest BCUT2D eigenvalue weighted by atomic mass is 10.1. The molecule has 0 bridgehead atoms. The summed E-state index contributed by atoms with van der Waals surface area (Å²) in [7, 11) is 3.05. The van der Waals surface area contributed by atoms with E-state index in [0.717, 1.165) is 29.0 Å². The van der Waals surface area contributed by atoms with Gasteiger partial charge in [-0.15, -0.1) is 11.3 Å². The summed E-state index contributed by atoms with van der Waals surface area (Å²) < 4.78 is 37.6. The van der Waals surface area contributed by atoms with Gasteiger partial charge in [-0.3, -0.25) is 4.79 Å². The van der Waals surface area contributed by atoms with Crippen LogP contribution >= 0.6 is 11.3 Å². The van der Waals surface area contributed by atoms with Crippen molar-refractivity contribution in [2.24, 2.45) is 0 Å². The van der Waals surface area contributed by atoms with Crippen LogP contribution in [-0.2, 0) is 0 Å². The zero-order valence-electron chi connectivity index (χ0n) is 16.3. The van der Waals surface area contributed by atoms with E-state index < -0.39 is 23.6 Å². The molecule has 30 heavy (non-hydrogen) atoms. The zero-order valence-corrected chi connectivity index (χ0v) is 17.1. The van der Waals surface area contributed by atoms with Gasteiger partial charge in [-0.2, -0.15) is 5.26 Å². The van der Waals surface area contributed by atoms with Crippen molar-refractivity contribution in [2.45, 2.75) is 13.0 Å². The highest BCUT2D eigenvalue weighted by Gasteiger charge is 2.23. The summed E-state index contributed by atoms with van der Waals surface area (Å²) in [6.45, 7) is 1.66. The molecule has 1 amide bonds. The van der Waals surface area contributed by atoms with Crippen LogP contribution in [0.1, 0.15) is 27.0 Å². The lowest BCUT2D eigenvalue weighted by Crippen LogP contribution is -2.28. The highest BCUT2D eigenvalue weighted by Crippen LogP contribution is 2.35. The van der Waals surface area contributed by atoms with Crippen LogP contribution in [0.4, 0.5) is 8.78 Å². The van der Waals surface area contributed by atoms with E-state index in [1.807, 2.05) is 6.07 Å². The Bertz CT molecular complexity index is 1140. The molecule has 0 saturated carbocycles. The molecule has 0 aliphatic carbocycles. The predicted molar refractivity (Wildman–Crippen MR) is 108 cm³/mol. The molecule has 0 spiro atoms. The Kier molecular flexibility index (Phi) is 6.28. The van der Waals surface area contributed by atoms with E-state index in [4.69, 9.17) is 9.47 Å². The van der Waals surface area contributed by atoms with Crippen LogP contribution in [-0.4, -0.2) is 25.1 Å². The van der Waals surface area contributed by atoms with E-state index in [0.29, 0.717) is 28.3 Å². The molecule has 0 radical (unpaired) electrons. The minimum absolute atomic E-state index is 0.116. The summed E-state index contributed by atoms with van der Waals surface area (Å²) in [6, 6.07) is 8.63. The molecule has 3 aromatic rings. The van der Waals surface area contributed by atoms with Gasteiger partial charge in [0.1, 0.15) is 27.6 Å². The second kappa shape index (κ2) is 8.88. The fourth-order valence-corrected chi connectivity index (χ4v) is 3.78. The van der Waals surface area contributed by atoms with Gasteiger partial charge < -0.3 is 14.8 Å². The third kappa shape index (κ3) is 4.23. The van der Waals surface area contributed by atoms with Crippen LogP contribution in [0.25, 0.3) is 10.6 Å². The number of nitrogens with one attached hydrogen (secondary N) is 1. The monoisotopic (exact) mass is 429 g/mol. The van der Waals surface area contributed by atoms with Gasteiger partial charge in [0.2, 0.25) is 0 Å². The summed E-state index contributed by atoms with van der Waals surface area (Å²) in [5.74, 6) is -1.17. The van der Waals surface area contributed by atoms with Gasteiger partial charge in [-0.05, 0) is 31.2 Å². The van der Waals surface area contributed by atoms with Crippen molar-refractivity contribution in [3.05, 3.63) is 64.2 Å². The SMILES string of the molecule is COc1ccc(-c2nc(C)c(C(=O)NC(C#N)c3ccc(F)cc3F)s2)cc1OC. The number of carbonyl (C=O) groups excluding carboxylic acids is 1. The van der Waals surface area contributed by atoms with Crippen LogP contribution < -0.4 is 14.8 Å². The maximum Gasteiger partial charge on any atom is 0.264 e. The molecule has 0 saturated heterocycles. The molecule has 1 atom stereocenters. The normalized spacial score (nSPS) is 11.5. The number of amides is 1. The highest BCUT2D eigenvalue weighted by molar-refractivity contribution is 7.17. The number of aromatic nitrogens is 1. The van der Waals surface area contributed by atoms with Crippen molar-refractivity contribution < 1.29 is 23.0 Å². The van der Waals surface area contributed by atoms with Gasteiger partial charge in [0.15, 0.2) is 11.5 Å². The summed E-state index contributed by atoms with van der Waals surface area (Å²) in [4.78, 5) is 17.4. The van der Waals surface area contributed by atoms with Crippen molar-refractivity contribution in [2.75, 3.05) is 14.2 Å². The van der Waals surface area contributed by atoms with Gasteiger partial charge in [-0.1, -0.05) is 6.07 Å². The number of carbonyl (C=O) groups is 1. The largest absolute Gasteiger partial charge is 0.493 e. The summed E-state index contributed by atoms with van der Waals surface area (Å²) >= 11 is 1.12. The van der Waals surface area contributed by atoms with Crippen LogP contribution in [0, 0.1) is 29.9 Å². The number of halogens is 2. The van der Waals surface area contributed by atoms with Gasteiger partial charge in [-0.25, -0.2) is 13.8 Å². The van der Waals surface area contributed by atoms with Crippen LogP contribution in [0.3, 0.4) is 0 Å². The van der Waals surface area contributed by atoms with E-state index in [1.165, 1.54) is 14.2 Å². The number of aryl methyl sites for hydroxylation is 1. The molecule has 1 N–H and O–H groups in total. The van der Waals surface area contributed by atoms with Gasteiger partial charge in [0.25, 0.3) is 5.91 Å². The molecular formula is C21H17F2N3O3S. The fourth-order valence-electron chi connectivity index (χ4n) is 2.81. The Balaban J connectivity index is 1.87. The molecule has 0 aliphatic heterocycles. The maximum atomic E-state index is 14.0. The number of hydrogen-bond acceptors (Lipinski definition) is 6. The topological polar surface area (TPSA) is 84.2 Å². The quantitative estimate of drug-likeness (QED) is 0.628. The second-order valence-electron chi connectivity index (χ2n) is 6.20. The summed E-state index contributed by atoms with van der Waals surface area (Å²) in [6.07, 6.45) is 0. The minimum atomic E-state index is -1.27. The Morgan fingerprint density at radius 3 is 2.53 bits per heavy atom. The van der Waals surface area contributed by atoms with E-state index in [-0.39, 0.29) is 10.4 Å². The van der Waals surface area contributed by atoms with Crippen molar-refractivity contribution in [3.8, 4) is 28.1 Å². The number of hydrogen-bond donors (Lipinski definition) is 1. The standard InChI is InChI=1S/C21H17F2N3O3S/c1-11-19(20(27)26-16(10-24)14-6-5-13(22)9-15(14)23)30-21(25-11)12-4-7-17(28-2)18(8-12)29-3/h4-9,16H,1-3H3,(H,26,27). The number of benzene rings is 2. The fraction of sp³-hybridized carbons (Fsp3) is 0.190. The summed E-state index contributed by atoms with van der Waals surface area (Å²) in [5.41, 5.74) is 1.06. The molecular weight excluding hydrogens is 412 g/mol. The lowest BCUT2D eigenvalue weighted by molar-refractivity contribution is 0.0948. The first kappa shape index (κ1) is 21.2. The van der Waals surface area contributed by atoms with Gasteiger partial charge >= 0.3 is 0 Å². The molecule has 0 aliphatic rings. The molecule has 2 aromatic carbocycles. The number of ether oxygens (including phenoxy) is 2. The summed E-state index contributed by atoms with van der Waals surface area (Å²) in [5, 5.41) is 12.4. The number of methoxy groups -OCH3 is 2. The first-order valence-electron chi connectivity index (χ1n) is 8.73. The molecule has 0 fully saturated rings. The van der Waals surface area contributed by atoms with E-state index in [9.17, 15) is 18.8 Å². The molecule has 1 heterocycles. The van der Waals surface area contributed by atoms with E-state index in [1.54, 1.807) is 25.1 Å².